The van der Waals surface area contributed by atoms with Gasteiger partial charge < -0.3 is 19.9 Å². The third-order valence-corrected chi connectivity index (χ3v) is 5.18. The number of likely N-dealkylation sites (tertiary alicyclic amines) is 1. The van der Waals surface area contributed by atoms with Gasteiger partial charge in [0.25, 0.3) is 11.5 Å². The Kier molecular flexibility index (Phi) is 3.64. The molecule has 1 aromatic rings. The first-order chi connectivity index (χ1) is 11.5. The molecule has 0 radical (unpaired) electrons. The predicted molar refractivity (Wildman–Crippen MR) is 83.3 cm³/mol. The van der Waals surface area contributed by atoms with Gasteiger partial charge in [0, 0.05) is 43.6 Å². The van der Waals surface area contributed by atoms with Crippen molar-refractivity contribution in [1.82, 2.24) is 20.2 Å². The molecule has 2 amide bonds. The molecular weight excluding hydrogens is 312 g/mol. The Hall–Kier alpha value is -2.22. The number of carbonyl (C=O) groups is 2. The fourth-order valence-corrected chi connectivity index (χ4v) is 3.83. The lowest BCUT2D eigenvalue weighted by molar-refractivity contribution is -0.135. The van der Waals surface area contributed by atoms with E-state index in [1.165, 1.54) is 6.07 Å². The number of aromatic amines is 1. The highest BCUT2D eigenvalue weighted by molar-refractivity contribution is 5.92. The first kappa shape index (κ1) is 15.3. The Morgan fingerprint density at radius 3 is 2.75 bits per heavy atom. The molecule has 2 saturated heterocycles. The zero-order valence-corrected chi connectivity index (χ0v) is 13.4. The molecule has 1 saturated carbocycles. The quantitative estimate of drug-likeness (QED) is 0.762. The number of fused-ring (bicyclic) bond motifs is 1. The van der Waals surface area contributed by atoms with Crippen molar-refractivity contribution in [3.05, 3.63) is 27.9 Å². The molecule has 2 aliphatic heterocycles. The van der Waals surface area contributed by atoms with Crippen LogP contribution in [0, 0.1) is 24.7 Å². The van der Waals surface area contributed by atoms with Crippen LogP contribution < -0.4 is 10.9 Å². The van der Waals surface area contributed by atoms with Crippen LogP contribution >= 0.6 is 0 Å². The predicted octanol–water partition coefficient (Wildman–Crippen LogP) is -0.699. The van der Waals surface area contributed by atoms with Crippen molar-refractivity contribution < 1.29 is 14.3 Å². The summed E-state index contributed by atoms with van der Waals surface area (Å²) in [6.45, 7) is 4.20. The summed E-state index contributed by atoms with van der Waals surface area (Å²) < 4.78 is 5.28. The second-order valence-corrected chi connectivity index (χ2v) is 6.85. The van der Waals surface area contributed by atoms with Crippen molar-refractivity contribution in [1.29, 1.82) is 0 Å². The number of H-pyrrole nitrogens is 1. The normalized spacial score (nSPS) is 31.0. The van der Waals surface area contributed by atoms with Gasteiger partial charge in [0.05, 0.1) is 12.5 Å². The van der Waals surface area contributed by atoms with Crippen LogP contribution in [0.4, 0.5) is 0 Å². The van der Waals surface area contributed by atoms with E-state index in [4.69, 9.17) is 4.74 Å². The topological polar surface area (TPSA) is 104 Å². The highest BCUT2D eigenvalue weighted by Gasteiger charge is 2.57. The Labute approximate surface area is 138 Å². The molecule has 0 bridgehead atoms. The molecule has 1 aliphatic carbocycles. The highest BCUT2D eigenvalue weighted by Crippen LogP contribution is 2.46. The lowest BCUT2D eigenvalue weighted by Gasteiger charge is -2.22. The number of nitrogens with one attached hydrogen (secondary N) is 2. The summed E-state index contributed by atoms with van der Waals surface area (Å²) in [5, 5.41) is 2.94. The fourth-order valence-electron chi connectivity index (χ4n) is 3.83. The summed E-state index contributed by atoms with van der Waals surface area (Å²) in [7, 11) is 0. The highest BCUT2D eigenvalue weighted by atomic mass is 16.5. The largest absolute Gasteiger partial charge is 0.381 e. The number of piperidine rings is 1. The van der Waals surface area contributed by atoms with E-state index in [0.717, 1.165) is 6.42 Å². The minimum atomic E-state index is -0.334. The molecule has 1 aromatic heterocycles. The molecule has 3 heterocycles. The van der Waals surface area contributed by atoms with Crippen LogP contribution in [0.1, 0.15) is 22.7 Å². The molecule has 3 aliphatic rings. The van der Waals surface area contributed by atoms with Crippen LogP contribution in [0.25, 0.3) is 0 Å². The molecule has 4 rings (SSSR count). The Bertz CT molecular complexity index is 728. The molecule has 4 atom stereocenters. The maximum atomic E-state index is 12.3. The average molecular weight is 332 g/mol. The van der Waals surface area contributed by atoms with E-state index >= 15 is 0 Å². The van der Waals surface area contributed by atoms with Crippen molar-refractivity contribution in [2.75, 3.05) is 26.3 Å². The molecule has 24 heavy (non-hydrogen) atoms. The summed E-state index contributed by atoms with van der Waals surface area (Å²) in [6, 6.07) is 1.28. The lowest BCUT2D eigenvalue weighted by atomic mass is 10.1. The molecule has 0 aromatic carbocycles. The monoisotopic (exact) mass is 332 g/mol. The minimum absolute atomic E-state index is 0.00115. The minimum Gasteiger partial charge on any atom is -0.381 e. The molecule has 0 spiro atoms. The molecule has 2 N–H and O–H groups in total. The molecule has 128 valence electrons. The van der Waals surface area contributed by atoms with E-state index in [2.05, 4.69) is 15.3 Å². The van der Waals surface area contributed by atoms with Gasteiger partial charge in [-0.1, -0.05) is 0 Å². The summed E-state index contributed by atoms with van der Waals surface area (Å²) in [4.78, 5) is 44.5. The van der Waals surface area contributed by atoms with Gasteiger partial charge in [-0.25, -0.2) is 4.98 Å². The zero-order chi connectivity index (χ0) is 16.8. The van der Waals surface area contributed by atoms with Crippen molar-refractivity contribution in [2.45, 2.75) is 19.4 Å². The standard InChI is InChI=1S/C16H20N4O4/c1-8-17-12(4-13(21)18-8)15(22)19-14-10-5-20(6-11(10)14)16(23)9-2-3-24-7-9/h4,9-11,14H,2-3,5-7H2,1H3,(H,19,22)(H,17,18,21)/t9?,10-,11+,14?. The van der Waals surface area contributed by atoms with Crippen molar-refractivity contribution in [2.24, 2.45) is 17.8 Å². The van der Waals surface area contributed by atoms with Gasteiger partial charge in [-0.3, -0.25) is 14.4 Å². The van der Waals surface area contributed by atoms with Crippen molar-refractivity contribution >= 4 is 11.8 Å². The van der Waals surface area contributed by atoms with Crippen LogP contribution in [0.5, 0.6) is 0 Å². The molecular formula is C16H20N4O4. The summed E-state index contributed by atoms with van der Waals surface area (Å²) >= 11 is 0. The first-order valence-corrected chi connectivity index (χ1v) is 8.28. The molecule has 8 heteroatoms. The summed E-state index contributed by atoms with van der Waals surface area (Å²) in [5.41, 5.74) is -0.198. The molecule has 2 unspecified atom stereocenters. The van der Waals surface area contributed by atoms with Gasteiger partial charge in [0.1, 0.15) is 11.5 Å². The number of nitrogens with zero attached hydrogens (tertiary/aromatic N) is 2. The van der Waals surface area contributed by atoms with Gasteiger partial charge in [-0.15, -0.1) is 0 Å². The maximum Gasteiger partial charge on any atom is 0.270 e. The van der Waals surface area contributed by atoms with Gasteiger partial charge in [0.15, 0.2) is 0 Å². The number of amides is 2. The van der Waals surface area contributed by atoms with Crippen LogP contribution in [0.15, 0.2) is 10.9 Å². The Morgan fingerprint density at radius 2 is 2.12 bits per heavy atom. The summed E-state index contributed by atoms with van der Waals surface area (Å²) in [6.07, 6.45) is 0.804. The average Bonchev–Trinajstić information content (AvgIpc) is 2.99. The Balaban J connectivity index is 1.33. The number of rotatable bonds is 3. The van der Waals surface area contributed by atoms with E-state index in [1.54, 1.807) is 6.92 Å². The molecule has 8 nitrogen and oxygen atoms in total. The van der Waals surface area contributed by atoms with Crippen LogP contribution in [0.3, 0.4) is 0 Å². The third-order valence-electron chi connectivity index (χ3n) is 5.18. The van der Waals surface area contributed by atoms with E-state index in [9.17, 15) is 14.4 Å². The third kappa shape index (κ3) is 2.71. The zero-order valence-electron chi connectivity index (χ0n) is 13.4. The van der Waals surface area contributed by atoms with Crippen molar-refractivity contribution in [3.63, 3.8) is 0 Å². The van der Waals surface area contributed by atoms with E-state index < -0.39 is 0 Å². The van der Waals surface area contributed by atoms with Crippen LogP contribution in [-0.2, 0) is 9.53 Å². The number of carbonyl (C=O) groups excluding carboxylic acids is 2. The number of hydrogen-bond acceptors (Lipinski definition) is 5. The number of hydrogen-bond donors (Lipinski definition) is 2. The van der Waals surface area contributed by atoms with Crippen molar-refractivity contribution in [3.8, 4) is 0 Å². The van der Waals surface area contributed by atoms with Gasteiger partial charge in [-0.2, -0.15) is 0 Å². The lowest BCUT2D eigenvalue weighted by Crippen LogP contribution is -2.40. The number of aromatic nitrogens is 2. The second kappa shape index (κ2) is 5.70. The van der Waals surface area contributed by atoms with E-state index in [1.807, 2.05) is 4.90 Å². The fraction of sp³-hybridized carbons (Fsp3) is 0.625. The van der Waals surface area contributed by atoms with Gasteiger partial charge >= 0.3 is 0 Å². The van der Waals surface area contributed by atoms with E-state index in [-0.39, 0.29) is 35.0 Å². The smallest absolute Gasteiger partial charge is 0.270 e. The number of ether oxygens (including phenoxy) is 1. The van der Waals surface area contributed by atoms with Crippen LogP contribution in [-0.4, -0.2) is 59.0 Å². The first-order valence-electron chi connectivity index (χ1n) is 8.28. The maximum absolute atomic E-state index is 12.3. The van der Waals surface area contributed by atoms with Gasteiger partial charge in [0.2, 0.25) is 5.91 Å². The number of aryl methyl sites for hydroxylation is 1. The second-order valence-electron chi connectivity index (χ2n) is 6.85. The van der Waals surface area contributed by atoms with Gasteiger partial charge in [-0.05, 0) is 13.3 Å². The SMILES string of the molecule is Cc1nc(C(=O)NC2[C@H]3CN(C(=O)C4CCOC4)C[C@@H]23)cc(=O)[nH]1. The molecule has 3 fully saturated rings. The van der Waals surface area contributed by atoms with Crippen LogP contribution in [0.2, 0.25) is 0 Å². The van der Waals surface area contributed by atoms with E-state index in [0.29, 0.717) is 44.0 Å². The summed E-state index contributed by atoms with van der Waals surface area (Å²) in [5.74, 6) is 0.881. The Morgan fingerprint density at radius 1 is 1.38 bits per heavy atom.